The first-order chi connectivity index (χ1) is 12.6. The smallest absolute Gasteiger partial charge is 0.337 e. The second kappa shape index (κ2) is 6.37. The van der Waals surface area contributed by atoms with Crippen LogP contribution in [0.2, 0.25) is 0 Å². The van der Waals surface area contributed by atoms with E-state index in [1.165, 1.54) is 34.1 Å². The molecule has 0 bridgehead atoms. The molecule has 3 aromatic heterocycles. The van der Waals surface area contributed by atoms with E-state index in [0.717, 1.165) is 4.88 Å². The molecule has 0 aliphatic rings. The molecule has 11 heteroatoms. The molecule has 0 N–H and O–H groups in total. The molecule has 0 aliphatic carbocycles. The highest BCUT2D eigenvalue weighted by molar-refractivity contribution is 7.13. The van der Waals surface area contributed by atoms with Crippen LogP contribution in [0.3, 0.4) is 0 Å². The van der Waals surface area contributed by atoms with Crippen molar-refractivity contribution in [2.24, 2.45) is 0 Å². The molecular formula is C15H9N5O5S. The van der Waals surface area contributed by atoms with Crippen LogP contribution in [0.5, 0.6) is 0 Å². The number of benzene rings is 1. The number of thiophene rings is 1. The Morgan fingerprint density at radius 3 is 2.85 bits per heavy atom. The van der Waals surface area contributed by atoms with Gasteiger partial charge in [-0.05, 0) is 11.4 Å². The summed E-state index contributed by atoms with van der Waals surface area (Å²) in [6.07, 6.45) is 0. The lowest BCUT2D eigenvalue weighted by Crippen LogP contribution is -2.16. The minimum Gasteiger partial charge on any atom is -0.337 e. The van der Waals surface area contributed by atoms with Gasteiger partial charge in [0.05, 0.1) is 9.80 Å². The summed E-state index contributed by atoms with van der Waals surface area (Å²) >= 11 is 1.41. The first-order valence-corrected chi connectivity index (χ1v) is 8.17. The van der Waals surface area contributed by atoms with Crippen molar-refractivity contribution in [3.8, 4) is 22.1 Å². The Hall–Kier alpha value is -3.60. The van der Waals surface area contributed by atoms with Crippen molar-refractivity contribution >= 4 is 17.0 Å². The normalized spacial score (nSPS) is 10.9. The third kappa shape index (κ3) is 2.91. The van der Waals surface area contributed by atoms with Gasteiger partial charge in [0.1, 0.15) is 6.54 Å². The van der Waals surface area contributed by atoms with Crippen molar-refractivity contribution in [3.63, 3.8) is 0 Å². The fourth-order valence-electron chi connectivity index (χ4n) is 2.32. The molecule has 26 heavy (non-hydrogen) atoms. The molecule has 0 fully saturated rings. The number of hydrogen-bond acceptors (Lipinski definition) is 9. The number of rotatable bonds is 5. The average molecular weight is 371 g/mol. The van der Waals surface area contributed by atoms with E-state index in [4.69, 9.17) is 9.05 Å². The Morgan fingerprint density at radius 2 is 2.08 bits per heavy atom. The first kappa shape index (κ1) is 15.9. The molecule has 4 aromatic rings. The van der Waals surface area contributed by atoms with Gasteiger partial charge in [-0.25, -0.2) is 9.36 Å². The lowest BCUT2D eigenvalue weighted by atomic mass is 10.2. The number of non-ortho nitro benzene ring substituents is 1. The molecule has 0 saturated heterocycles. The van der Waals surface area contributed by atoms with E-state index in [-0.39, 0.29) is 23.9 Å². The molecule has 0 aliphatic heterocycles. The Labute approximate surface area is 148 Å². The fraction of sp³-hybridized carbons (Fsp3) is 0.0667. The summed E-state index contributed by atoms with van der Waals surface area (Å²) in [7, 11) is 0. The van der Waals surface area contributed by atoms with Crippen LogP contribution in [0, 0.1) is 10.1 Å². The fourth-order valence-corrected chi connectivity index (χ4v) is 3.03. The summed E-state index contributed by atoms with van der Waals surface area (Å²) < 4.78 is 11.2. The molecule has 3 heterocycles. The van der Waals surface area contributed by atoms with E-state index in [1.54, 1.807) is 12.1 Å². The Morgan fingerprint density at radius 1 is 1.19 bits per heavy atom. The third-order valence-electron chi connectivity index (χ3n) is 3.50. The molecule has 1 aromatic carbocycles. The minimum atomic E-state index is -0.650. The molecule has 130 valence electrons. The van der Waals surface area contributed by atoms with Crippen molar-refractivity contribution in [1.29, 1.82) is 0 Å². The highest BCUT2D eigenvalue weighted by atomic mass is 32.1. The molecular weight excluding hydrogens is 362 g/mol. The number of aromatic nitrogens is 4. The van der Waals surface area contributed by atoms with Gasteiger partial charge in [-0.2, -0.15) is 4.98 Å². The molecule has 0 unspecified atom stereocenters. The summed E-state index contributed by atoms with van der Waals surface area (Å²) in [5.41, 5.74) is 0.356. The largest absolute Gasteiger partial charge is 0.442 e. The standard InChI is InChI=1S/C15H9N5O5S/c21-15-19(14(18-25-15)11-5-2-6-26-11)8-12-16-13(17-24-12)9-3-1-4-10(7-9)20(22)23/h1-7H,8H2. The Balaban J connectivity index is 1.64. The molecule has 0 spiro atoms. The van der Waals surface area contributed by atoms with Crippen LogP contribution in [0.25, 0.3) is 22.1 Å². The first-order valence-electron chi connectivity index (χ1n) is 7.29. The van der Waals surface area contributed by atoms with Crippen LogP contribution in [0.15, 0.2) is 55.6 Å². The van der Waals surface area contributed by atoms with Gasteiger partial charge in [-0.1, -0.05) is 28.5 Å². The van der Waals surface area contributed by atoms with Crippen molar-refractivity contribution in [2.45, 2.75) is 6.54 Å². The van der Waals surface area contributed by atoms with Gasteiger partial charge in [-0.15, -0.1) is 11.3 Å². The van der Waals surface area contributed by atoms with Crippen molar-refractivity contribution < 1.29 is 14.0 Å². The van der Waals surface area contributed by atoms with E-state index in [9.17, 15) is 14.9 Å². The minimum absolute atomic E-state index is 0.0303. The maximum Gasteiger partial charge on any atom is 0.442 e. The monoisotopic (exact) mass is 371 g/mol. The second-order valence-electron chi connectivity index (χ2n) is 5.15. The van der Waals surface area contributed by atoms with E-state index in [2.05, 4.69) is 15.3 Å². The zero-order chi connectivity index (χ0) is 18.1. The molecule has 0 saturated carbocycles. The van der Waals surface area contributed by atoms with E-state index < -0.39 is 10.7 Å². The lowest BCUT2D eigenvalue weighted by Gasteiger charge is -1.98. The summed E-state index contributed by atoms with van der Waals surface area (Å²) in [5, 5.41) is 20.3. The van der Waals surface area contributed by atoms with Gasteiger partial charge in [0, 0.05) is 17.7 Å². The molecule has 4 rings (SSSR count). The van der Waals surface area contributed by atoms with Crippen LogP contribution in [-0.2, 0) is 6.54 Å². The van der Waals surface area contributed by atoms with Crippen LogP contribution in [0.4, 0.5) is 5.69 Å². The van der Waals surface area contributed by atoms with Crippen LogP contribution in [0.1, 0.15) is 5.89 Å². The average Bonchev–Trinajstić information content (AvgIpc) is 3.38. The summed E-state index contributed by atoms with van der Waals surface area (Å²) in [4.78, 5) is 27.2. The molecule has 10 nitrogen and oxygen atoms in total. The lowest BCUT2D eigenvalue weighted by molar-refractivity contribution is -0.384. The molecule has 0 atom stereocenters. The zero-order valence-electron chi connectivity index (χ0n) is 12.9. The van der Waals surface area contributed by atoms with Crippen molar-refractivity contribution in [1.82, 2.24) is 19.9 Å². The van der Waals surface area contributed by atoms with Crippen molar-refractivity contribution in [2.75, 3.05) is 0 Å². The summed E-state index contributed by atoms with van der Waals surface area (Å²) in [6, 6.07) is 9.51. The van der Waals surface area contributed by atoms with Crippen LogP contribution in [-0.4, -0.2) is 24.8 Å². The number of hydrogen-bond donors (Lipinski definition) is 0. The van der Waals surface area contributed by atoms with Crippen molar-refractivity contribution in [3.05, 3.63) is 68.3 Å². The number of nitro groups is 1. The quantitative estimate of drug-likeness (QED) is 0.386. The Kier molecular flexibility index (Phi) is 3.89. The SMILES string of the molecule is O=c1onc(-c2cccs2)n1Cc1nc(-c2cccc([N+](=O)[O-])c2)no1. The highest BCUT2D eigenvalue weighted by Gasteiger charge is 2.18. The molecule has 0 amide bonds. The van der Waals surface area contributed by atoms with E-state index in [0.29, 0.717) is 11.4 Å². The highest BCUT2D eigenvalue weighted by Crippen LogP contribution is 2.24. The second-order valence-corrected chi connectivity index (χ2v) is 6.10. The predicted octanol–water partition coefficient (Wildman–Crippen LogP) is 2.57. The maximum absolute atomic E-state index is 11.9. The van der Waals surface area contributed by atoms with Gasteiger partial charge < -0.3 is 4.52 Å². The van der Waals surface area contributed by atoms with Gasteiger partial charge >= 0.3 is 5.76 Å². The predicted molar refractivity (Wildman–Crippen MR) is 89.6 cm³/mol. The summed E-state index contributed by atoms with van der Waals surface area (Å²) in [5.74, 6) is 0.0455. The van der Waals surface area contributed by atoms with Crippen LogP contribution < -0.4 is 5.76 Å². The number of nitro benzene ring substituents is 1. The summed E-state index contributed by atoms with van der Waals surface area (Å²) in [6.45, 7) is -0.0303. The maximum atomic E-state index is 11.9. The van der Waals surface area contributed by atoms with Gasteiger partial charge in [0.2, 0.25) is 11.7 Å². The van der Waals surface area contributed by atoms with Gasteiger partial charge in [0.15, 0.2) is 5.82 Å². The molecule has 0 radical (unpaired) electrons. The topological polar surface area (TPSA) is 130 Å². The zero-order valence-corrected chi connectivity index (χ0v) is 13.8. The van der Waals surface area contributed by atoms with Gasteiger partial charge in [0.25, 0.3) is 5.69 Å². The van der Waals surface area contributed by atoms with E-state index in [1.807, 2.05) is 11.4 Å². The Bertz CT molecular complexity index is 1130. The van der Waals surface area contributed by atoms with Gasteiger partial charge in [-0.3, -0.25) is 14.6 Å². The number of nitrogens with zero attached hydrogens (tertiary/aromatic N) is 5. The van der Waals surface area contributed by atoms with E-state index >= 15 is 0 Å². The van der Waals surface area contributed by atoms with Crippen LogP contribution >= 0.6 is 11.3 Å². The third-order valence-corrected chi connectivity index (χ3v) is 4.37.